The third-order valence-electron chi connectivity index (χ3n) is 3.80. The molecule has 2 heterocycles. The zero-order valence-electron chi connectivity index (χ0n) is 12.8. The lowest BCUT2D eigenvalue weighted by Crippen LogP contribution is -2.49. The molecular weight excluding hydrogens is 272 g/mol. The Bertz CT molecular complexity index is 524. The molecule has 0 spiro atoms. The number of piperidine rings is 1. The molecule has 1 saturated heterocycles. The number of hydrogen-bond donors (Lipinski definition) is 0. The number of carbonyl (C=O) groups excluding carboxylic acids is 2. The maximum atomic E-state index is 12.8. The minimum absolute atomic E-state index is 0.177. The Balaban J connectivity index is 2.26. The fourth-order valence-electron chi connectivity index (χ4n) is 2.74. The normalized spacial score (nSPS) is 18.6. The van der Waals surface area contributed by atoms with Gasteiger partial charge in [-0.25, -0.2) is 4.79 Å². The predicted molar refractivity (Wildman–Crippen MR) is 75.9 cm³/mol. The summed E-state index contributed by atoms with van der Waals surface area (Å²) in [5.74, 6) is 0.00564. The van der Waals surface area contributed by atoms with Crippen LogP contribution in [0.25, 0.3) is 0 Å². The number of aromatic nitrogens is 1. The van der Waals surface area contributed by atoms with Crippen LogP contribution in [0.5, 0.6) is 0 Å². The van der Waals surface area contributed by atoms with E-state index in [-0.39, 0.29) is 11.9 Å². The largest absolute Gasteiger partial charge is 0.464 e. The van der Waals surface area contributed by atoms with Gasteiger partial charge in [0.05, 0.1) is 12.3 Å². The smallest absolute Gasteiger partial charge is 0.328 e. The van der Waals surface area contributed by atoms with Gasteiger partial charge >= 0.3 is 5.97 Å². The number of rotatable bonds is 4. The molecule has 6 nitrogen and oxygen atoms in total. The molecule has 0 bridgehead atoms. The Hall–Kier alpha value is -1.85. The fourth-order valence-corrected chi connectivity index (χ4v) is 2.74. The van der Waals surface area contributed by atoms with E-state index in [9.17, 15) is 9.59 Å². The van der Waals surface area contributed by atoms with Crippen LogP contribution in [0.4, 0.5) is 0 Å². The number of ether oxygens (including phenoxy) is 1. The summed E-state index contributed by atoms with van der Waals surface area (Å²) < 4.78 is 10.2. The first-order valence-electron chi connectivity index (χ1n) is 7.52. The average molecular weight is 294 g/mol. The van der Waals surface area contributed by atoms with Crippen molar-refractivity contribution in [2.75, 3.05) is 13.2 Å². The second-order valence-corrected chi connectivity index (χ2v) is 5.18. The van der Waals surface area contributed by atoms with Gasteiger partial charge in [0.1, 0.15) is 17.4 Å². The van der Waals surface area contributed by atoms with Crippen molar-refractivity contribution in [1.29, 1.82) is 0 Å². The summed E-state index contributed by atoms with van der Waals surface area (Å²) in [5, 5.41) is 3.92. The third-order valence-corrected chi connectivity index (χ3v) is 3.80. The second kappa shape index (κ2) is 6.74. The summed E-state index contributed by atoms with van der Waals surface area (Å²) in [7, 11) is 0. The summed E-state index contributed by atoms with van der Waals surface area (Å²) >= 11 is 0. The molecule has 1 atom stereocenters. The molecule has 2 rings (SSSR count). The second-order valence-electron chi connectivity index (χ2n) is 5.18. The van der Waals surface area contributed by atoms with Gasteiger partial charge < -0.3 is 14.2 Å². The van der Waals surface area contributed by atoms with Crippen LogP contribution in [0.15, 0.2) is 4.52 Å². The van der Waals surface area contributed by atoms with Crippen molar-refractivity contribution in [3.63, 3.8) is 0 Å². The first-order chi connectivity index (χ1) is 10.1. The van der Waals surface area contributed by atoms with Gasteiger partial charge in [0.25, 0.3) is 5.91 Å². The molecule has 1 fully saturated rings. The van der Waals surface area contributed by atoms with Crippen molar-refractivity contribution in [3.05, 3.63) is 17.0 Å². The van der Waals surface area contributed by atoms with Crippen molar-refractivity contribution in [3.8, 4) is 0 Å². The van der Waals surface area contributed by atoms with Crippen molar-refractivity contribution in [2.45, 2.75) is 52.5 Å². The molecule has 21 heavy (non-hydrogen) atoms. The number of carbonyl (C=O) groups is 2. The van der Waals surface area contributed by atoms with E-state index in [1.807, 2.05) is 6.92 Å². The van der Waals surface area contributed by atoms with E-state index in [0.29, 0.717) is 43.0 Å². The van der Waals surface area contributed by atoms with E-state index >= 15 is 0 Å². The van der Waals surface area contributed by atoms with Crippen molar-refractivity contribution in [1.82, 2.24) is 10.1 Å². The molecule has 1 aromatic rings. The van der Waals surface area contributed by atoms with E-state index in [4.69, 9.17) is 9.26 Å². The maximum Gasteiger partial charge on any atom is 0.328 e. The number of hydrogen-bond acceptors (Lipinski definition) is 5. The Labute approximate surface area is 124 Å². The molecule has 1 aromatic heterocycles. The quantitative estimate of drug-likeness (QED) is 0.795. The number of aryl methyl sites for hydroxylation is 2. The Morgan fingerprint density at radius 2 is 2.14 bits per heavy atom. The lowest BCUT2D eigenvalue weighted by molar-refractivity contribution is -0.149. The molecule has 0 aliphatic carbocycles. The molecule has 6 heteroatoms. The molecule has 1 unspecified atom stereocenters. The standard InChI is InChI=1S/C15H22N2O4/c1-4-11-13(10(3)21-16-11)14(18)17-9-7-6-8-12(17)15(19)20-5-2/h12H,4-9H2,1-3H3. The fraction of sp³-hybridized carbons (Fsp3) is 0.667. The van der Waals surface area contributed by atoms with Crippen LogP contribution in [0.2, 0.25) is 0 Å². The van der Waals surface area contributed by atoms with Gasteiger partial charge in [0.15, 0.2) is 0 Å². The van der Waals surface area contributed by atoms with E-state index in [1.54, 1.807) is 18.7 Å². The van der Waals surface area contributed by atoms with Crippen LogP contribution < -0.4 is 0 Å². The zero-order valence-corrected chi connectivity index (χ0v) is 12.8. The summed E-state index contributed by atoms with van der Waals surface area (Å²) in [5.41, 5.74) is 1.14. The Morgan fingerprint density at radius 1 is 1.38 bits per heavy atom. The molecule has 0 saturated carbocycles. The van der Waals surface area contributed by atoms with Crippen LogP contribution in [-0.2, 0) is 16.0 Å². The molecule has 1 aliphatic rings. The maximum absolute atomic E-state index is 12.8. The minimum atomic E-state index is -0.495. The third kappa shape index (κ3) is 3.09. The van der Waals surface area contributed by atoms with E-state index in [2.05, 4.69) is 5.16 Å². The minimum Gasteiger partial charge on any atom is -0.464 e. The molecule has 1 amide bonds. The van der Waals surface area contributed by atoms with Gasteiger partial charge in [-0.15, -0.1) is 0 Å². The summed E-state index contributed by atoms with van der Waals surface area (Å²) in [6, 6.07) is -0.495. The van der Waals surface area contributed by atoms with Crippen molar-refractivity contribution in [2.24, 2.45) is 0 Å². The number of likely N-dealkylation sites (tertiary alicyclic amines) is 1. The highest BCUT2D eigenvalue weighted by Gasteiger charge is 2.35. The number of nitrogens with zero attached hydrogens (tertiary/aromatic N) is 2. The molecular formula is C15H22N2O4. The Kier molecular flexibility index (Phi) is 4.98. The Morgan fingerprint density at radius 3 is 2.81 bits per heavy atom. The molecule has 116 valence electrons. The van der Waals surface area contributed by atoms with Gasteiger partial charge in [-0.2, -0.15) is 0 Å². The van der Waals surface area contributed by atoms with Crippen LogP contribution >= 0.6 is 0 Å². The highest BCUT2D eigenvalue weighted by atomic mass is 16.5. The van der Waals surface area contributed by atoms with Crippen molar-refractivity contribution < 1.29 is 18.8 Å². The molecule has 0 radical (unpaired) electrons. The predicted octanol–water partition coefficient (Wildman–Crippen LogP) is 2.10. The lowest BCUT2D eigenvalue weighted by atomic mass is 10.00. The number of esters is 1. The van der Waals surface area contributed by atoms with Crippen LogP contribution in [0, 0.1) is 6.92 Å². The summed E-state index contributed by atoms with van der Waals surface area (Å²) in [6.45, 7) is 6.31. The van der Waals surface area contributed by atoms with Gasteiger partial charge in [-0.3, -0.25) is 4.79 Å². The summed E-state index contributed by atoms with van der Waals surface area (Å²) in [4.78, 5) is 26.5. The first-order valence-corrected chi connectivity index (χ1v) is 7.52. The van der Waals surface area contributed by atoms with Crippen LogP contribution in [-0.4, -0.2) is 41.1 Å². The van der Waals surface area contributed by atoms with Crippen LogP contribution in [0.3, 0.4) is 0 Å². The molecule has 0 aromatic carbocycles. The van der Waals surface area contributed by atoms with E-state index in [0.717, 1.165) is 12.8 Å². The van der Waals surface area contributed by atoms with Crippen molar-refractivity contribution >= 4 is 11.9 Å². The molecule has 1 aliphatic heterocycles. The highest BCUT2D eigenvalue weighted by molar-refractivity contribution is 5.98. The van der Waals surface area contributed by atoms with Crippen LogP contribution in [0.1, 0.15) is 54.9 Å². The topological polar surface area (TPSA) is 72.6 Å². The number of amides is 1. The van der Waals surface area contributed by atoms with E-state index in [1.165, 1.54) is 0 Å². The first kappa shape index (κ1) is 15.5. The summed E-state index contributed by atoms with van der Waals surface area (Å²) in [6.07, 6.45) is 3.09. The highest BCUT2D eigenvalue weighted by Crippen LogP contribution is 2.24. The molecule has 0 N–H and O–H groups in total. The monoisotopic (exact) mass is 294 g/mol. The van der Waals surface area contributed by atoms with E-state index < -0.39 is 6.04 Å². The average Bonchev–Trinajstić information content (AvgIpc) is 2.87. The van der Waals surface area contributed by atoms with Gasteiger partial charge in [-0.05, 0) is 39.5 Å². The lowest BCUT2D eigenvalue weighted by Gasteiger charge is -2.34. The van der Waals surface area contributed by atoms with Gasteiger partial charge in [0.2, 0.25) is 0 Å². The SMILES string of the molecule is CCOC(=O)C1CCCCN1C(=O)c1c(CC)noc1C. The zero-order chi connectivity index (χ0) is 15.4. The van der Waals surface area contributed by atoms with Gasteiger partial charge in [0, 0.05) is 6.54 Å². The van der Waals surface area contributed by atoms with Gasteiger partial charge in [-0.1, -0.05) is 12.1 Å².